The highest BCUT2D eigenvalue weighted by atomic mass is 15.2. The average Bonchev–Trinajstić information content (AvgIpc) is 2.69. The molecule has 1 heteroatoms. The van der Waals surface area contributed by atoms with Crippen LogP contribution in [0.15, 0.2) is 24.3 Å². The van der Waals surface area contributed by atoms with Crippen molar-refractivity contribution >= 4 is 5.69 Å². The van der Waals surface area contributed by atoms with Gasteiger partial charge in [0.1, 0.15) is 0 Å². The fourth-order valence-electron chi connectivity index (χ4n) is 2.89. The smallest absolute Gasteiger partial charge is 0.0402 e. The van der Waals surface area contributed by atoms with Gasteiger partial charge in [0.2, 0.25) is 0 Å². The van der Waals surface area contributed by atoms with E-state index in [1.54, 1.807) is 5.56 Å². The topological polar surface area (TPSA) is 3.24 Å². The van der Waals surface area contributed by atoms with Gasteiger partial charge in [0, 0.05) is 18.3 Å². The Labute approximate surface area is 106 Å². The molecule has 94 valence electrons. The first-order valence-corrected chi connectivity index (χ1v) is 7.08. The van der Waals surface area contributed by atoms with E-state index >= 15 is 0 Å². The van der Waals surface area contributed by atoms with Crippen molar-refractivity contribution < 1.29 is 0 Å². The summed E-state index contributed by atoms with van der Waals surface area (Å²) in [7, 11) is 0. The van der Waals surface area contributed by atoms with E-state index in [2.05, 4.69) is 49.9 Å². The molecule has 1 aromatic rings. The van der Waals surface area contributed by atoms with Gasteiger partial charge in [-0.25, -0.2) is 0 Å². The van der Waals surface area contributed by atoms with Crippen LogP contribution in [0.2, 0.25) is 0 Å². The van der Waals surface area contributed by atoms with Crippen molar-refractivity contribution in [2.45, 2.75) is 52.5 Å². The standard InChI is InChI=1S/C16H25N/c1-4-5-8-11-17-15-10-7-6-9-14(15)12-16(17)13(2)3/h6-7,9-10,13,16H,4-5,8,11-12H2,1-3H3. The molecule has 1 atom stereocenters. The van der Waals surface area contributed by atoms with Crippen LogP contribution in [0.3, 0.4) is 0 Å². The lowest BCUT2D eigenvalue weighted by molar-refractivity contribution is 0.465. The van der Waals surface area contributed by atoms with Gasteiger partial charge in [-0.1, -0.05) is 51.8 Å². The van der Waals surface area contributed by atoms with Crippen molar-refractivity contribution in [2.24, 2.45) is 5.92 Å². The Morgan fingerprint density at radius 3 is 2.71 bits per heavy atom. The molecule has 1 heterocycles. The molecule has 1 aliphatic heterocycles. The summed E-state index contributed by atoms with van der Waals surface area (Å²) < 4.78 is 0. The zero-order valence-electron chi connectivity index (χ0n) is 11.4. The zero-order valence-corrected chi connectivity index (χ0v) is 11.4. The number of anilines is 1. The minimum atomic E-state index is 0.712. The van der Waals surface area contributed by atoms with E-state index in [0.717, 1.165) is 5.92 Å². The van der Waals surface area contributed by atoms with Crippen LogP contribution in [0.25, 0.3) is 0 Å². The minimum Gasteiger partial charge on any atom is -0.368 e. The number of hydrogen-bond acceptors (Lipinski definition) is 1. The molecular weight excluding hydrogens is 206 g/mol. The van der Waals surface area contributed by atoms with E-state index in [9.17, 15) is 0 Å². The molecule has 0 amide bonds. The summed E-state index contributed by atoms with van der Waals surface area (Å²) in [5.41, 5.74) is 3.03. The molecule has 0 saturated carbocycles. The molecule has 1 unspecified atom stereocenters. The minimum absolute atomic E-state index is 0.712. The van der Waals surface area contributed by atoms with Crippen LogP contribution in [0.4, 0.5) is 5.69 Å². The molecular formula is C16H25N. The van der Waals surface area contributed by atoms with E-state index in [0.29, 0.717) is 6.04 Å². The lowest BCUT2D eigenvalue weighted by Crippen LogP contribution is -2.36. The Bertz CT molecular complexity index is 356. The highest BCUT2D eigenvalue weighted by Crippen LogP contribution is 2.35. The fraction of sp³-hybridized carbons (Fsp3) is 0.625. The molecule has 1 nitrogen and oxygen atoms in total. The van der Waals surface area contributed by atoms with Gasteiger partial charge in [-0.2, -0.15) is 0 Å². The number of hydrogen-bond donors (Lipinski definition) is 0. The Balaban J connectivity index is 2.12. The second-order valence-electron chi connectivity index (χ2n) is 5.54. The third-order valence-electron chi connectivity index (χ3n) is 3.90. The molecule has 0 bridgehead atoms. The molecule has 0 saturated heterocycles. The molecule has 1 aliphatic rings. The highest BCUT2D eigenvalue weighted by Gasteiger charge is 2.30. The first-order chi connectivity index (χ1) is 8.24. The highest BCUT2D eigenvalue weighted by molar-refractivity contribution is 5.59. The molecule has 0 aliphatic carbocycles. The molecule has 17 heavy (non-hydrogen) atoms. The summed E-state index contributed by atoms with van der Waals surface area (Å²) in [6.07, 6.45) is 5.22. The van der Waals surface area contributed by atoms with Crippen LogP contribution in [-0.4, -0.2) is 12.6 Å². The maximum Gasteiger partial charge on any atom is 0.0402 e. The number of nitrogens with zero attached hydrogens (tertiary/aromatic N) is 1. The lowest BCUT2D eigenvalue weighted by Gasteiger charge is -2.30. The van der Waals surface area contributed by atoms with Crippen molar-refractivity contribution in [3.63, 3.8) is 0 Å². The second-order valence-corrected chi connectivity index (χ2v) is 5.54. The summed E-state index contributed by atoms with van der Waals surface area (Å²) in [5.74, 6) is 0.740. The summed E-state index contributed by atoms with van der Waals surface area (Å²) in [5, 5.41) is 0. The van der Waals surface area contributed by atoms with Crippen LogP contribution in [-0.2, 0) is 6.42 Å². The van der Waals surface area contributed by atoms with Crippen LogP contribution in [0.5, 0.6) is 0 Å². The largest absolute Gasteiger partial charge is 0.368 e. The first kappa shape index (κ1) is 12.5. The monoisotopic (exact) mass is 231 g/mol. The Morgan fingerprint density at radius 1 is 1.24 bits per heavy atom. The van der Waals surface area contributed by atoms with E-state index < -0.39 is 0 Å². The predicted molar refractivity (Wildman–Crippen MR) is 75.6 cm³/mol. The SMILES string of the molecule is CCCCCN1c2ccccc2CC1C(C)C. The quantitative estimate of drug-likeness (QED) is 0.684. The first-order valence-electron chi connectivity index (χ1n) is 7.08. The predicted octanol–water partition coefficient (Wildman–Crippen LogP) is 4.26. The summed E-state index contributed by atoms with van der Waals surface area (Å²) >= 11 is 0. The van der Waals surface area contributed by atoms with E-state index in [-0.39, 0.29) is 0 Å². The van der Waals surface area contributed by atoms with Gasteiger partial charge < -0.3 is 4.90 Å². The molecule has 1 aromatic carbocycles. The molecule has 0 fully saturated rings. The van der Waals surface area contributed by atoms with E-state index in [1.165, 1.54) is 37.9 Å². The van der Waals surface area contributed by atoms with Gasteiger partial charge in [0.25, 0.3) is 0 Å². The van der Waals surface area contributed by atoms with Gasteiger partial charge >= 0.3 is 0 Å². The maximum atomic E-state index is 2.65. The van der Waals surface area contributed by atoms with Gasteiger partial charge in [-0.05, 0) is 30.4 Å². The van der Waals surface area contributed by atoms with Crippen LogP contribution >= 0.6 is 0 Å². The molecule has 0 aromatic heterocycles. The number of fused-ring (bicyclic) bond motifs is 1. The third-order valence-corrected chi connectivity index (χ3v) is 3.90. The van der Waals surface area contributed by atoms with Gasteiger partial charge in [0.15, 0.2) is 0 Å². The van der Waals surface area contributed by atoms with Crippen molar-refractivity contribution in [2.75, 3.05) is 11.4 Å². The molecule has 0 spiro atoms. The van der Waals surface area contributed by atoms with E-state index in [1.807, 2.05) is 0 Å². The summed E-state index contributed by atoms with van der Waals surface area (Å²) in [4.78, 5) is 2.65. The number of para-hydroxylation sites is 1. The lowest BCUT2D eigenvalue weighted by atomic mass is 10.00. The maximum absolute atomic E-state index is 2.65. The van der Waals surface area contributed by atoms with Crippen molar-refractivity contribution in [1.82, 2.24) is 0 Å². The van der Waals surface area contributed by atoms with Crippen molar-refractivity contribution in [3.05, 3.63) is 29.8 Å². The Morgan fingerprint density at radius 2 is 2.00 bits per heavy atom. The Hall–Kier alpha value is -0.980. The summed E-state index contributed by atoms with van der Waals surface area (Å²) in [6.45, 7) is 8.21. The molecule has 0 radical (unpaired) electrons. The second kappa shape index (κ2) is 5.57. The average molecular weight is 231 g/mol. The van der Waals surface area contributed by atoms with Crippen molar-refractivity contribution in [1.29, 1.82) is 0 Å². The fourth-order valence-corrected chi connectivity index (χ4v) is 2.89. The summed E-state index contributed by atoms with van der Waals surface area (Å²) in [6, 6.07) is 9.65. The van der Waals surface area contributed by atoms with E-state index in [4.69, 9.17) is 0 Å². The third kappa shape index (κ3) is 2.65. The van der Waals surface area contributed by atoms with Crippen LogP contribution < -0.4 is 4.90 Å². The molecule has 0 N–H and O–H groups in total. The van der Waals surface area contributed by atoms with Gasteiger partial charge in [-0.15, -0.1) is 0 Å². The molecule has 2 rings (SSSR count). The van der Waals surface area contributed by atoms with Crippen molar-refractivity contribution in [3.8, 4) is 0 Å². The number of unbranched alkanes of at least 4 members (excludes halogenated alkanes) is 2. The Kier molecular flexibility index (Phi) is 4.09. The van der Waals surface area contributed by atoms with Crippen LogP contribution in [0, 0.1) is 5.92 Å². The van der Waals surface area contributed by atoms with Gasteiger partial charge in [0.05, 0.1) is 0 Å². The van der Waals surface area contributed by atoms with Crippen LogP contribution in [0.1, 0.15) is 45.6 Å². The van der Waals surface area contributed by atoms with Gasteiger partial charge in [-0.3, -0.25) is 0 Å². The normalized spacial score (nSPS) is 18.8. The number of benzene rings is 1. The zero-order chi connectivity index (χ0) is 12.3. The number of rotatable bonds is 5.